The fraction of sp³-hybridized carbons (Fsp3) is 0.500. The lowest BCUT2D eigenvalue weighted by Crippen LogP contribution is -2.24. The average molecular weight is 317 g/mol. The first-order valence-electron chi connectivity index (χ1n) is 6.42. The topological polar surface area (TPSA) is 36.3 Å². The Hall–Kier alpha value is -0.810. The van der Waals surface area contributed by atoms with Gasteiger partial charge in [-0.25, -0.2) is 4.98 Å². The molecule has 2 rings (SSSR count). The molecule has 0 spiro atoms. The zero-order valence-corrected chi connectivity index (χ0v) is 13.1. The number of ether oxygens (including phenoxy) is 2. The van der Waals surface area contributed by atoms with Crippen molar-refractivity contribution in [2.45, 2.75) is 19.1 Å². The van der Waals surface area contributed by atoms with Crippen LogP contribution >= 0.6 is 23.2 Å². The maximum absolute atomic E-state index is 6.02. The summed E-state index contributed by atoms with van der Waals surface area (Å²) in [4.78, 5) is 4.61. The zero-order chi connectivity index (χ0) is 14.5. The summed E-state index contributed by atoms with van der Waals surface area (Å²) in [5.41, 5.74) is 1.91. The minimum absolute atomic E-state index is 0.0258. The summed E-state index contributed by atoms with van der Waals surface area (Å²) in [6, 6.07) is 5.70. The average Bonchev–Trinajstić information content (AvgIpc) is 2.75. The number of nitrogens with zero attached hydrogens (tertiary/aromatic N) is 2. The highest BCUT2D eigenvalue weighted by molar-refractivity contribution is 6.31. The van der Waals surface area contributed by atoms with Crippen molar-refractivity contribution in [2.24, 2.45) is 0 Å². The Labute approximate surface area is 128 Å². The van der Waals surface area contributed by atoms with Gasteiger partial charge in [-0.2, -0.15) is 0 Å². The molecule has 1 aromatic carbocycles. The first-order valence-corrected chi connectivity index (χ1v) is 7.33. The van der Waals surface area contributed by atoms with Gasteiger partial charge in [-0.3, -0.25) is 0 Å². The summed E-state index contributed by atoms with van der Waals surface area (Å²) in [5, 5.41) is 0.680. The van der Waals surface area contributed by atoms with Crippen LogP contribution in [0, 0.1) is 0 Å². The molecule has 0 aliphatic carbocycles. The molecule has 0 fully saturated rings. The van der Waals surface area contributed by atoms with Gasteiger partial charge in [0.15, 0.2) is 0 Å². The number of alkyl halides is 1. The maximum Gasteiger partial charge on any atom is 0.111 e. The van der Waals surface area contributed by atoms with Crippen LogP contribution in [0.4, 0.5) is 0 Å². The van der Waals surface area contributed by atoms with E-state index in [9.17, 15) is 0 Å². The molecule has 0 radical (unpaired) electrons. The Kier molecular flexibility index (Phi) is 5.66. The minimum Gasteiger partial charge on any atom is -0.382 e. The molecule has 0 amide bonds. The van der Waals surface area contributed by atoms with E-state index in [4.69, 9.17) is 32.7 Å². The highest BCUT2D eigenvalue weighted by Crippen LogP contribution is 2.22. The second kappa shape index (κ2) is 7.27. The van der Waals surface area contributed by atoms with E-state index in [1.54, 1.807) is 14.2 Å². The Morgan fingerprint density at radius 1 is 1.35 bits per heavy atom. The lowest BCUT2D eigenvalue weighted by molar-refractivity contribution is 0.0186. The summed E-state index contributed by atoms with van der Waals surface area (Å²) in [6.45, 7) is 1.21. The summed E-state index contributed by atoms with van der Waals surface area (Å²) >= 11 is 11.9. The fourth-order valence-corrected chi connectivity index (χ4v) is 2.55. The third kappa shape index (κ3) is 3.44. The van der Waals surface area contributed by atoms with E-state index in [0.29, 0.717) is 30.5 Å². The smallest absolute Gasteiger partial charge is 0.111 e. The number of aromatic nitrogens is 2. The van der Waals surface area contributed by atoms with Gasteiger partial charge in [0.25, 0.3) is 0 Å². The van der Waals surface area contributed by atoms with Crippen LogP contribution in [0.25, 0.3) is 11.0 Å². The summed E-state index contributed by atoms with van der Waals surface area (Å²) in [7, 11) is 3.35. The number of hydrogen-bond donors (Lipinski definition) is 0. The van der Waals surface area contributed by atoms with Crippen LogP contribution in [0.15, 0.2) is 18.2 Å². The van der Waals surface area contributed by atoms with Crippen molar-refractivity contribution in [1.82, 2.24) is 9.55 Å². The lowest BCUT2D eigenvalue weighted by atomic mass is 10.3. The molecule has 1 aromatic heterocycles. The molecule has 2 aromatic rings. The number of halogens is 2. The molecule has 0 saturated heterocycles. The fourth-order valence-electron chi connectivity index (χ4n) is 2.22. The van der Waals surface area contributed by atoms with Gasteiger partial charge in [0.05, 0.1) is 30.3 Å². The second-order valence-corrected chi connectivity index (χ2v) is 5.34. The summed E-state index contributed by atoms with van der Waals surface area (Å²) < 4.78 is 12.7. The number of fused-ring (bicyclic) bond motifs is 1. The monoisotopic (exact) mass is 316 g/mol. The van der Waals surface area contributed by atoms with Gasteiger partial charge in [0.2, 0.25) is 0 Å². The molecule has 1 heterocycles. The van der Waals surface area contributed by atoms with Crippen LogP contribution in [0.2, 0.25) is 5.02 Å². The molecule has 1 atom stereocenters. The normalized spacial score (nSPS) is 13.0. The van der Waals surface area contributed by atoms with Gasteiger partial charge in [-0.15, -0.1) is 11.6 Å². The van der Waals surface area contributed by atoms with E-state index in [0.717, 1.165) is 16.9 Å². The second-order valence-electron chi connectivity index (χ2n) is 4.52. The molecule has 0 saturated carbocycles. The Morgan fingerprint density at radius 2 is 2.15 bits per heavy atom. The predicted molar refractivity (Wildman–Crippen MR) is 81.8 cm³/mol. The Bertz CT molecular complexity index is 572. The summed E-state index contributed by atoms with van der Waals surface area (Å²) in [6.07, 6.45) is 0.680. The zero-order valence-electron chi connectivity index (χ0n) is 11.6. The van der Waals surface area contributed by atoms with Crippen LogP contribution in [-0.4, -0.2) is 42.4 Å². The molecule has 6 heteroatoms. The highest BCUT2D eigenvalue weighted by atomic mass is 35.5. The lowest BCUT2D eigenvalue weighted by Gasteiger charge is -2.17. The van der Waals surface area contributed by atoms with Crippen LogP contribution in [-0.2, 0) is 22.4 Å². The van der Waals surface area contributed by atoms with Crippen molar-refractivity contribution in [1.29, 1.82) is 0 Å². The van der Waals surface area contributed by atoms with Crippen molar-refractivity contribution >= 4 is 34.2 Å². The van der Waals surface area contributed by atoms with Crippen molar-refractivity contribution < 1.29 is 9.47 Å². The van der Waals surface area contributed by atoms with Crippen LogP contribution in [0.3, 0.4) is 0 Å². The van der Waals surface area contributed by atoms with Gasteiger partial charge in [0.1, 0.15) is 5.82 Å². The van der Waals surface area contributed by atoms with Gasteiger partial charge in [-0.1, -0.05) is 11.6 Å². The van der Waals surface area contributed by atoms with Crippen LogP contribution in [0.1, 0.15) is 5.82 Å². The Balaban J connectivity index is 2.39. The largest absolute Gasteiger partial charge is 0.382 e. The Morgan fingerprint density at radius 3 is 2.80 bits per heavy atom. The van der Waals surface area contributed by atoms with Crippen molar-refractivity contribution in [3.05, 3.63) is 29.0 Å². The van der Waals surface area contributed by atoms with E-state index in [-0.39, 0.29) is 6.10 Å². The number of aryl methyl sites for hydroxylation is 1. The molecule has 20 heavy (non-hydrogen) atoms. The molecule has 1 unspecified atom stereocenters. The number of rotatable bonds is 7. The molecule has 0 aliphatic heterocycles. The number of hydrogen-bond acceptors (Lipinski definition) is 3. The van der Waals surface area contributed by atoms with Gasteiger partial charge < -0.3 is 14.0 Å². The van der Waals surface area contributed by atoms with Gasteiger partial charge >= 0.3 is 0 Å². The van der Waals surface area contributed by atoms with E-state index < -0.39 is 0 Å². The SMILES string of the molecule is COCC(Cn1c(CCCl)nc2cc(Cl)ccc21)OC. The first kappa shape index (κ1) is 15.6. The van der Waals surface area contributed by atoms with Crippen molar-refractivity contribution in [3.8, 4) is 0 Å². The number of methoxy groups -OCH3 is 2. The van der Waals surface area contributed by atoms with E-state index in [1.807, 2.05) is 18.2 Å². The third-order valence-corrected chi connectivity index (χ3v) is 3.60. The molecule has 0 aliphatic rings. The summed E-state index contributed by atoms with van der Waals surface area (Å²) in [5.74, 6) is 1.47. The predicted octanol–water partition coefficient (Wildman–Crippen LogP) is 3.13. The van der Waals surface area contributed by atoms with Crippen molar-refractivity contribution in [2.75, 3.05) is 26.7 Å². The molecule has 0 bridgehead atoms. The number of benzene rings is 1. The minimum atomic E-state index is -0.0258. The van der Waals surface area contributed by atoms with E-state index >= 15 is 0 Å². The van der Waals surface area contributed by atoms with E-state index in [2.05, 4.69) is 9.55 Å². The molecular formula is C14H18Cl2N2O2. The number of imidazole rings is 1. The first-order chi connectivity index (χ1) is 9.69. The van der Waals surface area contributed by atoms with E-state index in [1.165, 1.54) is 0 Å². The highest BCUT2D eigenvalue weighted by Gasteiger charge is 2.15. The third-order valence-electron chi connectivity index (χ3n) is 3.18. The van der Waals surface area contributed by atoms with Crippen LogP contribution in [0.5, 0.6) is 0 Å². The van der Waals surface area contributed by atoms with Gasteiger partial charge in [-0.05, 0) is 18.2 Å². The molecule has 4 nitrogen and oxygen atoms in total. The molecular weight excluding hydrogens is 299 g/mol. The maximum atomic E-state index is 6.02. The molecule has 0 N–H and O–H groups in total. The molecule has 110 valence electrons. The standard InChI is InChI=1S/C14H18Cl2N2O2/c1-19-9-11(20-2)8-18-13-4-3-10(16)7-12(13)17-14(18)5-6-15/h3-4,7,11H,5-6,8-9H2,1-2H3. The van der Waals surface area contributed by atoms with Gasteiger partial charge in [0, 0.05) is 31.5 Å². The van der Waals surface area contributed by atoms with Crippen molar-refractivity contribution in [3.63, 3.8) is 0 Å². The van der Waals surface area contributed by atoms with Crippen LogP contribution < -0.4 is 0 Å². The quantitative estimate of drug-likeness (QED) is 0.736.